The minimum atomic E-state index is -0.564. The second kappa shape index (κ2) is 10.7. The van der Waals surface area contributed by atoms with E-state index in [1.807, 2.05) is 0 Å². The minimum absolute atomic E-state index is 0.133. The maximum absolute atomic E-state index is 13.7. The Labute approximate surface area is 214 Å². The van der Waals surface area contributed by atoms with Gasteiger partial charge in [-0.25, -0.2) is 0 Å². The molecule has 1 aromatic heterocycles. The molecule has 0 radical (unpaired) electrons. The summed E-state index contributed by atoms with van der Waals surface area (Å²) in [5.74, 6) is 0.765. The normalized spacial score (nSPS) is 15.1. The molecule has 3 aromatic carbocycles. The van der Waals surface area contributed by atoms with E-state index in [1.54, 1.807) is 66.7 Å². The number of phenolic OH excluding ortho intramolecular Hbond substituents is 2. The summed E-state index contributed by atoms with van der Waals surface area (Å²) in [7, 11) is 0. The van der Waals surface area contributed by atoms with Crippen molar-refractivity contribution in [2.75, 3.05) is 26.2 Å². The van der Waals surface area contributed by atoms with Crippen molar-refractivity contribution in [3.05, 3.63) is 77.9 Å². The highest BCUT2D eigenvalue weighted by molar-refractivity contribution is 7.22. The average Bonchev–Trinajstić information content (AvgIpc) is 3.27. The highest BCUT2D eigenvalue weighted by Gasteiger charge is 2.22. The van der Waals surface area contributed by atoms with Crippen molar-refractivity contribution >= 4 is 27.2 Å². The number of nitrogens with zero attached hydrogens (tertiary/aromatic N) is 1. The van der Waals surface area contributed by atoms with Gasteiger partial charge >= 0.3 is 0 Å². The lowest BCUT2D eigenvalue weighted by Crippen LogP contribution is -2.38. The molecule has 4 aromatic rings. The molecule has 5 rings (SSSR count). The van der Waals surface area contributed by atoms with E-state index in [4.69, 9.17) is 4.74 Å². The number of aliphatic hydroxyl groups excluding tert-OH is 1. The molecule has 0 bridgehead atoms. The van der Waals surface area contributed by atoms with E-state index in [0.29, 0.717) is 23.4 Å². The number of aliphatic hydroxyl groups is 1. The fraction of sp³-hybridized carbons (Fsp3) is 0.276. The molecule has 1 aliphatic heterocycles. The monoisotopic (exact) mass is 503 g/mol. The fourth-order valence-electron chi connectivity index (χ4n) is 4.66. The molecule has 0 aliphatic carbocycles. The third-order valence-corrected chi connectivity index (χ3v) is 7.71. The molecule has 1 unspecified atom stereocenters. The number of carbonyl (C=O) groups excluding carboxylic acids is 1. The number of hydrogen-bond donors (Lipinski definition) is 3. The van der Waals surface area contributed by atoms with Crippen molar-refractivity contribution in [2.24, 2.45) is 0 Å². The number of fused-ring (bicyclic) bond motifs is 1. The second-order valence-corrected chi connectivity index (χ2v) is 10.3. The summed E-state index contributed by atoms with van der Waals surface area (Å²) < 4.78 is 6.59. The Morgan fingerprint density at radius 2 is 1.61 bits per heavy atom. The van der Waals surface area contributed by atoms with Gasteiger partial charge < -0.3 is 25.0 Å². The molecule has 0 amide bonds. The SMILES string of the molecule is O=C(c1ccc(OCC(O)CN2CCCCC2)cc1)c1c(-c2ccc(O)cc2)sc2cc(O)ccc12. The number of thiophene rings is 1. The van der Waals surface area contributed by atoms with Gasteiger partial charge in [0.1, 0.15) is 30.0 Å². The van der Waals surface area contributed by atoms with Crippen LogP contribution in [0.1, 0.15) is 35.2 Å². The Balaban J connectivity index is 1.35. The highest BCUT2D eigenvalue weighted by atomic mass is 32.1. The first-order valence-corrected chi connectivity index (χ1v) is 13.0. The van der Waals surface area contributed by atoms with Crippen LogP contribution in [-0.4, -0.2) is 58.3 Å². The number of piperidine rings is 1. The number of aromatic hydroxyl groups is 2. The Kier molecular flexibility index (Phi) is 7.23. The van der Waals surface area contributed by atoms with Gasteiger partial charge in [0.05, 0.1) is 0 Å². The van der Waals surface area contributed by atoms with Crippen molar-refractivity contribution in [1.82, 2.24) is 4.90 Å². The van der Waals surface area contributed by atoms with Gasteiger partial charge in [-0.15, -0.1) is 11.3 Å². The molecule has 1 fully saturated rings. The van der Waals surface area contributed by atoms with Crippen molar-refractivity contribution in [1.29, 1.82) is 0 Å². The largest absolute Gasteiger partial charge is 0.508 e. The molecule has 36 heavy (non-hydrogen) atoms. The molecule has 0 spiro atoms. The number of benzene rings is 3. The third-order valence-electron chi connectivity index (χ3n) is 6.51. The van der Waals surface area contributed by atoms with Crippen LogP contribution in [0.3, 0.4) is 0 Å². The molecule has 7 heteroatoms. The summed E-state index contributed by atoms with van der Waals surface area (Å²) in [4.78, 5) is 16.7. The predicted molar refractivity (Wildman–Crippen MR) is 142 cm³/mol. The van der Waals surface area contributed by atoms with Crippen molar-refractivity contribution < 1.29 is 24.9 Å². The van der Waals surface area contributed by atoms with Crippen LogP contribution in [0, 0.1) is 0 Å². The Hall–Kier alpha value is -3.39. The van der Waals surface area contributed by atoms with Crippen LogP contribution in [0.15, 0.2) is 66.7 Å². The lowest BCUT2D eigenvalue weighted by atomic mass is 9.97. The number of β-amino-alcohol motifs (C(OH)–C–C–N with tert-alkyl or cyclic N) is 1. The molecular weight excluding hydrogens is 474 g/mol. The van der Waals surface area contributed by atoms with Gasteiger partial charge in [0, 0.05) is 32.6 Å². The fourth-order valence-corrected chi connectivity index (χ4v) is 5.90. The molecule has 2 heterocycles. The second-order valence-electron chi connectivity index (χ2n) is 9.21. The van der Waals surface area contributed by atoms with E-state index in [0.717, 1.165) is 33.6 Å². The number of hydrogen-bond acceptors (Lipinski definition) is 7. The Bertz CT molecular complexity index is 1340. The number of likely N-dealkylation sites (tertiary alicyclic amines) is 1. The van der Waals surface area contributed by atoms with E-state index in [1.165, 1.54) is 30.6 Å². The van der Waals surface area contributed by atoms with E-state index >= 15 is 0 Å². The number of rotatable bonds is 8. The van der Waals surface area contributed by atoms with E-state index < -0.39 is 6.10 Å². The van der Waals surface area contributed by atoms with E-state index in [9.17, 15) is 20.1 Å². The first-order valence-electron chi connectivity index (χ1n) is 12.2. The summed E-state index contributed by atoms with van der Waals surface area (Å²) in [5, 5.41) is 30.8. The molecular formula is C29H29NO5S. The summed E-state index contributed by atoms with van der Waals surface area (Å²) in [6, 6.07) is 18.7. The minimum Gasteiger partial charge on any atom is -0.508 e. The van der Waals surface area contributed by atoms with Crippen LogP contribution in [0.25, 0.3) is 20.5 Å². The Morgan fingerprint density at radius 1 is 0.917 bits per heavy atom. The lowest BCUT2D eigenvalue weighted by Gasteiger charge is -2.28. The van der Waals surface area contributed by atoms with Gasteiger partial charge in [-0.3, -0.25) is 4.79 Å². The number of ketones is 1. The summed E-state index contributed by atoms with van der Waals surface area (Å²) >= 11 is 1.43. The van der Waals surface area contributed by atoms with Gasteiger partial charge in [-0.05, 0) is 98.2 Å². The number of phenols is 2. The van der Waals surface area contributed by atoms with Gasteiger partial charge in [0.15, 0.2) is 5.78 Å². The van der Waals surface area contributed by atoms with Gasteiger partial charge in [0.25, 0.3) is 0 Å². The first-order chi connectivity index (χ1) is 17.5. The van der Waals surface area contributed by atoms with E-state index in [-0.39, 0.29) is 23.9 Å². The molecule has 3 N–H and O–H groups in total. The van der Waals surface area contributed by atoms with Gasteiger partial charge in [-0.1, -0.05) is 6.42 Å². The van der Waals surface area contributed by atoms with Crippen molar-refractivity contribution in [3.63, 3.8) is 0 Å². The average molecular weight is 504 g/mol. The van der Waals surface area contributed by atoms with Crippen LogP contribution in [0.4, 0.5) is 0 Å². The zero-order chi connectivity index (χ0) is 25.1. The summed E-state index contributed by atoms with van der Waals surface area (Å²) in [5.41, 5.74) is 1.90. The molecule has 1 atom stereocenters. The lowest BCUT2D eigenvalue weighted by molar-refractivity contribution is 0.0617. The third kappa shape index (κ3) is 5.38. The molecule has 6 nitrogen and oxygen atoms in total. The molecule has 1 saturated heterocycles. The topological polar surface area (TPSA) is 90.2 Å². The summed E-state index contributed by atoms with van der Waals surface area (Å²) in [6.45, 7) is 2.86. The van der Waals surface area contributed by atoms with Gasteiger partial charge in [-0.2, -0.15) is 0 Å². The molecule has 0 saturated carbocycles. The van der Waals surface area contributed by atoms with Crippen LogP contribution >= 0.6 is 11.3 Å². The number of ether oxygens (including phenoxy) is 1. The standard InChI is InChI=1S/C29H29NO5S/c31-21-8-4-20(5-9-21)29-27(25-13-10-22(32)16-26(25)36-29)28(34)19-6-11-24(12-7-19)35-18-23(33)17-30-14-2-1-3-15-30/h4-13,16,23,31-33H,1-3,14-15,17-18H2. The van der Waals surface area contributed by atoms with Crippen LogP contribution in [-0.2, 0) is 0 Å². The summed E-state index contributed by atoms with van der Waals surface area (Å²) in [6.07, 6.45) is 3.05. The van der Waals surface area contributed by atoms with Gasteiger partial charge in [0.2, 0.25) is 0 Å². The maximum atomic E-state index is 13.7. The Morgan fingerprint density at radius 3 is 2.33 bits per heavy atom. The number of carbonyl (C=O) groups is 1. The van der Waals surface area contributed by atoms with Crippen LogP contribution in [0.5, 0.6) is 17.2 Å². The van der Waals surface area contributed by atoms with Crippen LogP contribution in [0.2, 0.25) is 0 Å². The van der Waals surface area contributed by atoms with Crippen molar-refractivity contribution in [3.8, 4) is 27.7 Å². The zero-order valence-electron chi connectivity index (χ0n) is 19.9. The van der Waals surface area contributed by atoms with Crippen LogP contribution < -0.4 is 4.74 Å². The van der Waals surface area contributed by atoms with E-state index in [2.05, 4.69) is 4.90 Å². The van der Waals surface area contributed by atoms with Crippen molar-refractivity contribution in [2.45, 2.75) is 25.4 Å². The first kappa shape index (κ1) is 24.3. The highest BCUT2D eigenvalue weighted by Crippen LogP contribution is 2.41. The zero-order valence-corrected chi connectivity index (χ0v) is 20.7. The smallest absolute Gasteiger partial charge is 0.195 e. The molecule has 1 aliphatic rings. The quantitative estimate of drug-likeness (QED) is 0.278. The predicted octanol–water partition coefficient (Wildman–Crippen LogP) is 5.44. The maximum Gasteiger partial charge on any atom is 0.195 e. The molecule has 186 valence electrons.